The molecule has 1 unspecified atom stereocenters. The Bertz CT molecular complexity index is 292. The molecule has 2 rings (SSSR count). The van der Waals surface area contributed by atoms with Crippen molar-refractivity contribution < 1.29 is 8.78 Å². The van der Waals surface area contributed by atoms with Crippen molar-refractivity contribution in [3.63, 3.8) is 0 Å². The first-order valence-corrected chi connectivity index (χ1v) is 5.72. The van der Waals surface area contributed by atoms with Crippen LogP contribution in [-0.2, 0) is 0 Å². The van der Waals surface area contributed by atoms with Crippen molar-refractivity contribution in [1.82, 2.24) is 5.32 Å². The normalized spacial score (nSPS) is 22.9. The van der Waals surface area contributed by atoms with Crippen LogP contribution in [0.1, 0.15) is 35.6 Å². The topological polar surface area (TPSA) is 12.0 Å². The zero-order valence-electron chi connectivity index (χ0n) is 7.80. The van der Waals surface area contributed by atoms with Gasteiger partial charge in [-0.05, 0) is 42.3 Å². The minimum absolute atomic E-state index is 0.200. The molecule has 0 saturated carbocycles. The SMILES string of the molecule is FC(F)c1cc(C2CCCNC2)cs1. The largest absolute Gasteiger partial charge is 0.316 e. The standard InChI is InChI=1S/C10H13F2NS/c11-10(12)9-4-8(6-14-9)7-2-1-3-13-5-7/h4,6-7,10,13H,1-3,5H2. The first kappa shape index (κ1) is 10.1. The van der Waals surface area contributed by atoms with Crippen LogP contribution < -0.4 is 5.32 Å². The molecule has 1 aliphatic heterocycles. The van der Waals surface area contributed by atoms with Crippen molar-refractivity contribution in [2.45, 2.75) is 25.2 Å². The summed E-state index contributed by atoms with van der Waals surface area (Å²) in [5.74, 6) is 0.437. The highest BCUT2D eigenvalue weighted by Gasteiger charge is 2.18. The van der Waals surface area contributed by atoms with Gasteiger partial charge in [-0.2, -0.15) is 0 Å². The molecule has 1 fully saturated rings. The number of alkyl halides is 2. The van der Waals surface area contributed by atoms with Crippen LogP contribution >= 0.6 is 11.3 Å². The van der Waals surface area contributed by atoms with Gasteiger partial charge in [-0.3, -0.25) is 0 Å². The number of nitrogens with one attached hydrogen (secondary N) is 1. The van der Waals surface area contributed by atoms with E-state index in [1.807, 2.05) is 5.38 Å². The second-order valence-electron chi connectivity index (χ2n) is 3.63. The van der Waals surface area contributed by atoms with Crippen LogP contribution in [0.5, 0.6) is 0 Å². The molecule has 1 saturated heterocycles. The van der Waals surface area contributed by atoms with Crippen LogP contribution in [0.25, 0.3) is 0 Å². The highest BCUT2D eigenvalue weighted by molar-refractivity contribution is 7.10. The van der Waals surface area contributed by atoms with Crippen LogP contribution in [0, 0.1) is 0 Å². The Labute approximate surface area is 86.1 Å². The first-order valence-electron chi connectivity index (χ1n) is 4.84. The monoisotopic (exact) mass is 217 g/mol. The third kappa shape index (κ3) is 2.12. The molecule has 1 atom stereocenters. The van der Waals surface area contributed by atoms with E-state index in [1.54, 1.807) is 6.07 Å². The molecule has 2 heterocycles. The molecule has 1 aliphatic rings. The molecule has 0 bridgehead atoms. The maximum Gasteiger partial charge on any atom is 0.272 e. The third-order valence-electron chi connectivity index (χ3n) is 2.62. The minimum atomic E-state index is -2.31. The number of halogens is 2. The van der Waals surface area contributed by atoms with Crippen LogP contribution in [0.3, 0.4) is 0 Å². The Hall–Kier alpha value is -0.480. The van der Waals surface area contributed by atoms with Crippen molar-refractivity contribution in [3.05, 3.63) is 21.9 Å². The summed E-state index contributed by atoms with van der Waals surface area (Å²) >= 11 is 1.17. The molecule has 1 aromatic heterocycles. The lowest BCUT2D eigenvalue weighted by Gasteiger charge is -2.21. The van der Waals surface area contributed by atoms with Crippen molar-refractivity contribution in [1.29, 1.82) is 0 Å². The zero-order chi connectivity index (χ0) is 9.97. The van der Waals surface area contributed by atoms with Gasteiger partial charge in [0.1, 0.15) is 0 Å². The molecule has 0 amide bonds. The fourth-order valence-electron chi connectivity index (χ4n) is 1.83. The Balaban J connectivity index is 2.07. The highest BCUT2D eigenvalue weighted by Crippen LogP contribution is 2.32. The predicted molar refractivity (Wildman–Crippen MR) is 54.1 cm³/mol. The summed E-state index contributed by atoms with van der Waals surface area (Å²) in [5.41, 5.74) is 1.08. The highest BCUT2D eigenvalue weighted by atomic mass is 32.1. The molecular weight excluding hydrogens is 204 g/mol. The lowest BCUT2D eigenvalue weighted by atomic mass is 9.94. The summed E-state index contributed by atoms with van der Waals surface area (Å²) < 4.78 is 24.7. The summed E-state index contributed by atoms with van der Waals surface area (Å²) in [6, 6.07) is 1.66. The van der Waals surface area contributed by atoms with Crippen LogP contribution in [-0.4, -0.2) is 13.1 Å². The average molecular weight is 217 g/mol. The Morgan fingerprint density at radius 2 is 2.36 bits per heavy atom. The molecule has 78 valence electrons. The summed E-state index contributed by atoms with van der Waals surface area (Å²) in [6.45, 7) is 1.99. The van der Waals surface area contributed by atoms with Crippen LogP contribution in [0.2, 0.25) is 0 Å². The van der Waals surface area contributed by atoms with Gasteiger partial charge in [0.15, 0.2) is 0 Å². The fraction of sp³-hybridized carbons (Fsp3) is 0.600. The van der Waals surface area contributed by atoms with Crippen LogP contribution in [0.15, 0.2) is 11.4 Å². The Kier molecular flexibility index (Phi) is 3.13. The lowest BCUT2D eigenvalue weighted by molar-refractivity contribution is 0.155. The summed E-state index contributed by atoms with van der Waals surface area (Å²) in [5, 5.41) is 5.16. The third-order valence-corrected chi connectivity index (χ3v) is 3.58. The van der Waals surface area contributed by atoms with Gasteiger partial charge in [0.2, 0.25) is 0 Å². The molecule has 14 heavy (non-hydrogen) atoms. The quantitative estimate of drug-likeness (QED) is 0.802. The zero-order valence-corrected chi connectivity index (χ0v) is 8.62. The van der Waals surface area contributed by atoms with Gasteiger partial charge in [-0.25, -0.2) is 8.78 Å². The Morgan fingerprint density at radius 3 is 2.93 bits per heavy atom. The van der Waals surface area contributed by atoms with Crippen molar-refractivity contribution in [2.24, 2.45) is 0 Å². The lowest BCUT2D eigenvalue weighted by Crippen LogP contribution is -2.28. The van der Waals surface area contributed by atoms with E-state index in [0.29, 0.717) is 5.92 Å². The van der Waals surface area contributed by atoms with E-state index >= 15 is 0 Å². The fourth-order valence-corrected chi connectivity index (χ4v) is 2.67. The molecule has 1 aromatic rings. The molecule has 0 radical (unpaired) electrons. The van der Waals surface area contributed by atoms with E-state index in [-0.39, 0.29) is 4.88 Å². The van der Waals surface area contributed by atoms with Crippen molar-refractivity contribution in [3.8, 4) is 0 Å². The van der Waals surface area contributed by atoms with Gasteiger partial charge in [0.25, 0.3) is 6.43 Å². The van der Waals surface area contributed by atoms with E-state index in [4.69, 9.17) is 0 Å². The van der Waals surface area contributed by atoms with Gasteiger partial charge in [-0.15, -0.1) is 11.3 Å². The Morgan fingerprint density at radius 1 is 1.50 bits per heavy atom. The van der Waals surface area contributed by atoms with Gasteiger partial charge in [0, 0.05) is 6.54 Å². The smallest absolute Gasteiger partial charge is 0.272 e. The summed E-state index contributed by atoms with van der Waals surface area (Å²) in [6.07, 6.45) is -0.0537. The van der Waals surface area contributed by atoms with Crippen molar-refractivity contribution >= 4 is 11.3 Å². The summed E-state index contributed by atoms with van der Waals surface area (Å²) in [7, 11) is 0. The van der Waals surface area contributed by atoms with Gasteiger partial charge < -0.3 is 5.32 Å². The van der Waals surface area contributed by atoms with Gasteiger partial charge in [0.05, 0.1) is 4.88 Å². The molecular formula is C10H13F2NS. The van der Waals surface area contributed by atoms with Crippen molar-refractivity contribution in [2.75, 3.05) is 13.1 Å². The molecule has 1 N–H and O–H groups in total. The second-order valence-corrected chi connectivity index (χ2v) is 4.57. The number of hydrogen-bond acceptors (Lipinski definition) is 2. The van der Waals surface area contributed by atoms with E-state index < -0.39 is 6.43 Å². The van der Waals surface area contributed by atoms with Gasteiger partial charge >= 0.3 is 0 Å². The first-order chi connectivity index (χ1) is 6.77. The van der Waals surface area contributed by atoms with Crippen LogP contribution in [0.4, 0.5) is 8.78 Å². The molecule has 0 aromatic carbocycles. The van der Waals surface area contributed by atoms with E-state index in [0.717, 1.165) is 31.5 Å². The van der Waals surface area contributed by atoms with Gasteiger partial charge in [-0.1, -0.05) is 0 Å². The number of hydrogen-bond donors (Lipinski definition) is 1. The average Bonchev–Trinajstić information content (AvgIpc) is 2.68. The number of rotatable bonds is 2. The second kappa shape index (κ2) is 4.36. The number of thiophene rings is 1. The maximum absolute atomic E-state index is 12.3. The summed E-state index contributed by atoms with van der Waals surface area (Å²) in [4.78, 5) is 0.200. The van der Waals surface area contributed by atoms with E-state index in [9.17, 15) is 8.78 Å². The van der Waals surface area contributed by atoms with E-state index in [1.165, 1.54) is 11.3 Å². The molecule has 0 spiro atoms. The molecule has 1 nitrogen and oxygen atoms in total. The molecule has 0 aliphatic carbocycles. The maximum atomic E-state index is 12.3. The minimum Gasteiger partial charge on any atom is -0.316 e. The number of piperidine rings is 1. The predicted octanol–water partition coefficient (Wildman–Crippen LogP) is 3.15. The molecule has 4 heteroatoms. The van der Waals surface area contributed by atoms with E-state index in [2.05, 4.69) is 5.32 Å².